The van der Waals surface area contributed by atoms with E-state index in [1.807, 2.05) is 0 Å². The van der Waals surface area contributed by atoms with Gasteiger partial charge in [-0.05, 0) is 17.2 Å². The third-order valence-electron chi connectivity index (χ3n) is 2.30. The van der Waals surface area contributed by atoms with Crippen LogP contribution in [0.15, 0.2) is 48.5 Å². The first-order chi connectivity index (χ1) is 7.68. The number of aromatic carboxylic acids is 1. The molecular formula is C13H9O3-. The second kappa shape index (κ2) is 4.06. The van der Waals surface area contributed by atoms with Gasteiger partial charge in [0.1, 0.15) is 0 Å². The number of carboxylic acid groups (broad SMARTS) is 1. The van der Waals surface area contributed by atoms with Gasteiger partial charge in [0, 0.05) is 0 Å². The maximum atomic E-state index is 11.2. The fraction of sp³-hybridized carbons (Fsp3) is 0. The first-order valence-electron chi connectivity index (χ1n) is 4.78. The van der Waals surface area contributed by atoms with Crippen molar-refractivity contribution in [2.45, 2.75) is 0 Å². The minimum absolute atomic E-state index is 0.127. The number of rotatable bonds is 2. The van der Waals surface area contributed by atoms with E-state index in [2.05, 4.69) is 0 Å². The van der Waals surface area contributed by atoms with Crippen molar-refractivity contribution in [3.8, 4) is 16.9 Å². The Balaban J connectivity index is 2.60. The highest BCUT2D eigenvalue weighted by molar-refractivity contribution is 5.96. The van der Waals surface area contributed by atoms with E-state index in [9.17, 15) is 9.90 Å². The van der Waals surface area contributed by atoms with E-state index in [-0.39, 0.29) is 11.3 Å². The maximum Gasteiger partial charge on any atom is 0.336 e. The van der Waals surface area contributed by atoms with Gasteiger partial charge in [0.25, 0.3) is 0 Å². The van der Waals surface area contributed by atoms with Gasteiger partial charge < -0.3 is 10.2 Å². The summed E-state index contributed by atoms with van der Waals surface area (Å²) >= 11 is 0. The van der Waals surface area contributed by atoms with Gasteiger partial charge in [0.05, 0.1) is 5.56 Å². The fourth-order valence-electron chi connectivity index (χ4n) is 1.58. The second-order valence-electron chi connectivity index (χ2n) is 3.38. The largest absolute Gasteiger partial charge is 0.872 e. The molecule has 0 unspecified atom stereocenters. The Morgan fingerprint density at radius 3 is 2.50 bits per heavy atom. The summed E-state index contributed by atoms with van der Waals surface area (Å²) in [6.07, 6.45) is 0. The number of benzene rings is 2. The Kier molecular flexibility index (Phi) is 2.60. The van der Waals surface area contributed by atoms with Gasteiger partial charge in [-0.2, -0.15) is 0 Å². The molecule has 0 aromatic heterocycles. The Morgan fingerprint density at radius 2 is 1.81 bits per heavy atom. The summed E-state index contributed by atoms with van der Waals surface area (Å²) < 4.78 is 0. The molecule has 16 heavy (non-hydrogen) atoms. The summed E-state index contributed by atoms with van der Waals surface area (Å²) in [5.74, 6) is -1.12. The van der Waals surface area contributed by atoms with Crippen LogP contribution >= 0.6 is 0 Å². The average molecular weight is 213 g/mol. The lowest BCUT2D eigenvalue weighted by molar-refractivity contribution is -0.268. The number of carboxylic acids is 1. The summed E-state index contributed by atoms with van der Waals surface area (Å²) in [5, 5.41) is 20.2. The average Bonchev–Trinajstić information content (AvgIpc) is 2.29. The lowest BCUT2D eigenvalue weighted by Gasteiger charge is -2.10. The third-order valence-corrected chi connectivity index (χ3v) is 2.30. The Hall–Kier alpha value is -2.29. The molecule has 2 rings (SSSR count). The molecule has 2 aromatic rings. The van der Waals surface area contributed by atoms with Crippen LogP contribution in [-0.2, 0) is 0 Å². The highest BCUT2D eigenvalue weighted by Gasteiger charge is 2.09. The predicted molar refractivity (Wildman–Crippen MR) is 58.3 cm³/mol. The highest BCUT2D eigenvalue weighted by Crippen LogP contribution is 2.25. The van der Waals surface area contributed by atoms with E-state index in [0.29, 0.717) is 11.1 Å². The van der Waals surface area contributed by atoms with Crippen LogP contribution in [0.25, 0.3) is 11.1 Å². The molecule has 3 heteroatoms. The molecule has 0 bridgehead atoms. The van der Waals surface area contributed by atoms with Gasteiger partial charge >= 0.3 is 5.97 Å². The van der Waals surface area contributed by atoms with Crippen molar-refractivity contribution < 1.29 is 15.0 Å². The van der Waals surface area contributed by atoms with Gasteiger partial charge in [0.15, 0.2) is 0 Å². The normalized spacial score (nSPS) is 10.0. The maximum absolute atomic E-state index is 11.2. The summed E-state index contributed by atoms with van der Waals surface area (Å²) in [6.45, 7) is 0. The first kappa shape index (κ1) is 10.2. The lowest BCUT2D eigenvalue weighted by Crippen LogP contribution is -1.99. The zero-order chi connectivity index (χ0) is 11.5. The smallest absolute Gasteiger partial charge is 0.336 e. The van der Waals surface area contributed by atoms with Crippen molar-refractivity contribution in [3.05, 3.63) is 54.1 Å². The van der Waals surface area contributed by atoms with Gasteiger partial charge in [-0.25, -0.2) is 4.79 Å². The van der Waals surface area contributed by atoms with E-state index >= 15 is 0 Å². The van der Waals surface area contributed by atoms with Crippen LogP contribution in [0.3, 0.4) is 0 Å². The molecule has 0 saturated carbocycles. The Morgan fingerprint density at radius 1 is 1.06 bits per heavy atom. The van der Waals surface area contributed by atoms with Crippen molar-refractivity contribution in [3.63, 3.8) is 0 Å². The molecule has 0 radical (unpaired) electrons. The minimum atomic E-state index is -0.994. The molecule has 0 aliphatic carbocycles. The minimum Gasteiger partial charge on any atom is -0.872 e. The van der Waals surface area contributed by atoms with Crippen molar-refractivity contribution in [1.82, 2.24) is 0 Å². The Bertz CT molecular complexity index is 532. The van der Waals surface area contributed by atoms with Crippen LogP contribution in [0, 0.1) is 0 Å². The van der Waals surface area contributed by atoms with Gasteiger partial charge in [-0.1, -0.05) is 42.5 Å². The molecule has 0 fully saturated rings. The molecular weight excluding hydrogens is 204 g/mol. The molecule has 80 valence electrons. The molecule has 0 aliphatic rings. The lowest BCUT2D eigenvalue weighted by atomic mass is 10.00. The molecule has 0 saturated heterocycles. The SMILES string of the molecule is O=C(O)c1ccccc1-c1cccc([O-])c1. The third kappa shape index (κ3) is 1.88. The standard InChI is InChI=1S/C13H10O3/c14-10-5-3-4-9(8-10)11-6-1-2-7-12(11)13(15)16/h1-8,14H,(H,15,16)/p-1. The van der Waals surface area contributed by atoms with E-state index < -0.39 is 5.97 Å². The molecule has 0 atom stereocenters. The molecule has 0 aliphatic heterocycles. The topological polar surface area (TPSA) is 60.4 Å². The monoisotopic (exact) mass is 213 g/mol. The fourth-order valence-corrected chi connectivity index (χ4v) is 1.58. The van der Waals surface area contributed by atoms with Gasteiger partial charge in [-0.3, -0.25) is 0 Å². The van der Waals surface area contributed by atoms with Crippen LogP contribution in [0.1, 0.15) is 10.4 Å². The summed E-state index contributed by atoms with van der Waals surface area (Å²) in [5.41, 5.74) is 1.39. The van der Waals surface area contributed by atoms with E-state index in [1.54, 1.807) is 30.3 Å². The van der Waals surface area contributed by atoms with Crippen molar-refractivity contribution in [2.24, 2.45) is 0 Å². The quantitative estimate of drug-likeness (QED) is 0.831. The van der Waals surface area contributed by atoms with Gasteiger partial charge in [-0.15, -0.1) is 5.75 Å². The van der Waals surface area contributed by atoms with Crippen molar-refractivity contribution in [1.29, 1.82) is 0 Å². The summed E-state index contributed by atoms with van der Waals surface area (Å²) in [7, 11) is 0. The van der Waals surface area contributed by atoms with Crippen molar-refractivity contribution in [2.75, 3.05) is 0 Å². The number of hydrogen-bond donors (Lipinski definition) is 1. The van der Waals surface area contributed by atoms with Crippen LogP contribution in [0.2, 0.25) is 0 Å². The predicted octanol–water partition coefficient (Wildman–Crippen LogP) is 2.13. The number of carbonyl (C=O) groups is 1. The van der Waals surface area contributed by atoms with Crippen LogP contribution < -0.4 is 5.11 Å². The van der Waals surface area contributed by atoms with Gasteiger partial charge in [0.2, 0.25) is 0 Å². The van der Waals surface area contributed by atoms with E-state index in [1.165, 1.54) is 18.2 Å². The zero-order valence-electron chi connectivity index (χ0n) is 8.38. The first-order valence-corrected chi connectivity index (χ1v) is 4.78. The number of hydrogen-bond acceptors (Lipinski definition) is 2. The van der Waals surface area contributed by atoms with Crippen LogP contribution in [-0.4, -0.2) is 11.1 Å². The van der Waals surface area contributed by atoms with E-state index in [4.69, 9.17) is 5.11 Å². The molecule has 0 amide bonds. The molecule has 3 nitrogen and oxygen atoms in total. The second-order valence-corrected chi connectivity index (χ2v) is 3.38. The summed E-state index contributed by atoms with van der Waals surface area (Å²) in [4.78, 5) is 11.0. The van der Waals surface area contributed by atoms with Crippen molar-refractivity contribution >= 4 is 5.97 Å². The van der Waals surface area contributed by atoms with Crippen LogP contribution in [0.4, 0.5) is 0 Å². The highest BCUT2D eigenvalue weighted by atomic mass is 16.4. The Labute approximate surface area is 92.6 Å². The van der Waals surface area contributed by atoms with E-state index in [0.717, 1.165) is 0 Å². The van der Waals surface area contributed by atoms with Crippen LogP contribution in [0.5, 0.6) is 5.75 Å². The molecule has 0 spiro atoms. The molecule has 1 N–H and O–H groups in total. The molecule has 0 heterocycles. The summed E-state index contributed by atoms with van der Waals surface area (Å²) in [6, 6.07) is 12.8. The zero-order valence-corrected chi connectivity index (χ0v) is 8.38. The molecule has 2 aromatic carbocycles.